The molecule has 1 atom stereocenters. The summed E-state index contributed by atoms with van der Waals surface area (Å²) in [4.78, 5) is 4.52. The number of hydrogen-bond acceptors (Lipinski definition) is 4. The summed E-state index contributed by atoms with van der Waals surface area (Å²) in [6.45, 7) is 10.5. The SMILES string of the molecule is CCNC(=NCC(CC)Oc1ccccc1Cl)NCCS(=O)(=O)C(C)(C)C. The molecule has 0 heterocycles. The van der Waals surface area contributed by atoms with E-state index in [1.807, 2.05) is 32.0 Å². The number of nitrogens with one attached hydrogen (secondary N) is 2. The van der Waals surface area contributed by atoms with Crippen molar-refractivity contribution in [3.8, 4) is 5.75 Å². The van der Waals surface area contributed by atoms with Gasteiger partial charge >= 0.3 is 0 Å². The Labute approximate surface area is 168 Å². The van der Waals surface area contributed by atoms with Crippen molar-refractivity contribution in [2.75, 3.05) is 25.4 Å². The van der Waals surface area contributed by atoms with Crippen LogP contribution in [-0.4, -0.2) is 50.6 Å². The lowest BCUT2D eigenvalue weighted by Gasteiger charge is -2.20. The van der Waals surface area contributed by atoms with Crippen LogP contribution in [-0.2, 0) is 9.84 Å². The summed E-state index contributed by atoms with van der Waals surface area (Å²) in [5.74, 6) is 1.26. The van der Waals surface area contributed by atoms with Crippen molar-refractivity contribution in [3.63, 3.8) is 0 Å². The molecule has 1 rings (SSSR count). The van der Waals surface area contributed by atoms with E-state index in [9.17, 15) is 8.42 Å². The number of nitrogens with zero attached hydrogens (tertiary/aromatic N) is 1. The highest BCUT2D eigenvalue weighted by molar-refractivity contribution is 7.92. The Hall–Kier alpha value is -1.47. The second kappa shape index (κ2) is 10.8. The lowest BCUT2D eigenvalue weighted by Crippen LogP contribution is -2.42. The highest BCUT2D eigenvalue weighted by Gasteiger charge is 2.28. The number of benzene rings is 1. The topological polar surface area (TPSA) is 79.8 Å². The van der Waals surface area contributed by atoms with E-state index in [1.165, 1.54) is 0 Å². The van der Waals surface area contributed by atoms with Gasteiger partial charge in [-0.25, -0.2) is 13.4 Å². The van der Waals surface area contributed by atoms with E-state index in [4.69, 9.17) is 16.3 Å². The van der Waals surface area contributed by atoms with Crippen molar-refractivity contribution in [1.29, 1.82) is 0 Å². The van der Waals surface area contributed by atoms with Crippen molar-refractivity contribution in [3.05, 3.63) is 29.3 Å². The molecule has 0 aliphatic carbocycles. The van der Waals surface area contributed by atoms with E-state index in [0.29, 0.717) is 36.4 Å². The summed E-state index contributed by atoms with van der Waals surface area (Å²) in [6, 6.07) is 7.34. The molecule has 154 valence electrons. The normalized spacial score (nSPS) is 13.9. The second-order valence-corrected chi connectivity index (χ2v) is 10.4. The maximum absolute atomic E-state index is 12.2. The molecule has 0 aliphatic heterocycles. The maximum Gasteiger partial charge on any atom is 0.191 e. The van der Waals surface area contributed by atoms with Gasteiger partial charge in [0.15, 0.2) is 15.8 Å². The number of para-hydroxylation sites is 1. The van der Waals surface area contributed by atoms with Crippen LogP contribution in [0.3, 0.4) is 0 Å². The summed E-state index contributed by atoms with van der Waals surface area (Å²) in [7, 11) is -3.17. The van der Waals surface area contributed by atoms with E-state index in [0.717, 1.165) is 6.42 Å². The third kappa shape index (κ3) is 7.97. The van der Waals surface area contributed by atoms with Crippen molar-refractivity contribution in [1.82, 2.24) is 10.6 Å². The molecule has 0 fully saturated rings. The zero-order chi connectivity index (χ0) is 20.5. The highest BCUT2D eigenvalue weighted by atomic mass is 35.5. The van der Waals surface area contributed by atoms with Crippen LogP contribution in [0.1, 0.15) is 41.0 Å². The van der Waals surface area contributed by atoms with Gasteiger partial charge in [0.05, 0.1) is 22.1 Å². The number of ether oxygens (including phenoxy) is 1. The number of sulfone groups is 1. The van der Waals surface area contributed by atoms with Gasteiger partial charge in [0.25, 0.3) is 0 Å². The first-order valence-corrected chi connectivity index (χ1v) is 11.3. The number of halogens is 1. The van der Waals surface area contributed by atoms with Crippen molar-refractivity contribution in [2.45, 2.75) is 51.9 Å². The van der Waals surface area contributed by atoms with Gasteiger partial charge in [0.2, 0.25) is 0 Å². The highest BCUT2D eigenvalue weighted by Crippen LogP contribution is 2.24. The predicted octanol–water partition coefficient (Wildman–Crippen LogP) is 3.27. The fraction of sp³-hybridized carbons (Fsp3) is 0.632. The first kappa shape index (κ1) is 23.6. The molecule has 0 spiro atoms. The first-order valence-electron chi connectivity index (χ1n) is 9.26. The summed E-state index contributed by atoms with van der Waals surface area (Å²) >= 11 is 6.14. The average Bonchev–Trinajstić information content (AvgIpc) is 2.58. The molecule has 1 unspecified atom stereocenters. The predicted molar refractivity (Wildman–Crippen MR) is 114 cm³/mol. The Bertz CT molecular complexity index is 715. The van der Waals surface area contributed by atoms with Crippen LogP contribution in [0.4, 0.5) is 0 Å². The van der Waals surface area contributed by atoms with Crippen LogP contribution >= 0.6 is 11.6 Å². The first-order chi connectivity index (χ1) is 12.6. The minimum Gasteiger partial charge on any atom is -0.487 e. The van der Waals surface area contributed by atoms with Gasteiger partial charge in [-0.15, -0.1) is 0 Å². The molecule has 1 aromatic carbocycles. The largest absolute Gasteiger partial charge is 0.487 e. The summed E-state index contributed by atoms with van der Waals surface area (Å²) in [6.07, 6.45) is 0.644. The second-order valence-electron chi connectivity index (χ2n) is 7.16. The van der Waals surface area contributed by atoms with Gasteiger partial charge in [0, 0.05) is 13.1 Å². The molecule has 0 saturated heterocycles. The van der Waals surface area contributed by atoms with Crippen LogP contribution in [0.25, 0.3) is 0 Å². The van der Waals surface area contributed by atoms with Crippen molar-refractivity contribution >= 4 is 27.4 Å². The zero-order valence-electron chi connectivity index (χ0n) is 16.9. The third-order valence-corrected chi connectivity index (χ3v) is 6.90. The summed E-state index contributed by atoms with van der Waals surface area (Å²) < 4.78 is 29.6. The maximum atomic E-state index is 12.2. The number of hydrogen-bond donors (Lipinski definition) is 2. The number of rotatable bonds is 9. The zero-order valence-corrected chi connectivity index (χ0v) is 18.5. The molecule has 0 saturated carbocycles. The van der Waals surface area contributed by atoms with E-state index < -0.39 is 14.6 Å². The molecular formula is C19H32ClN3O3S. The van der Waals surface area contributed by atoms with E-state index in [-0.39, 0.29) is 11.9 Å². The van der Waals surface area contributed by atoms with Gasteiger partial charge in [-0.05, 0) is 46.2 Å². The van der Waals surface area contributed by atoms with Crippen LogP contribution < -0.4 is 15.4 Å². The van der Waals surface area contributed by atoms with Crippen LogP contribution in [0.2, 0.25) is 5.02 Å². The molecule has 0 amide bonds. The minimum absolute atomic E-state index is 0.0498. The Balaban J connectivity index is 2.67. The fourth-order valence-corrected chi connectivity index (χ4v) is 3.28. The van der Waals surface area contributed by atoms with Gasteiger partial charge in [0.1, 0.15) is 11.9 Å². The lowest BCUT2D eigenvalue weighted by molar-refractivity contribution is 0.206. The molecule has 2 N–H and O–H groups in total. The Morgan fingerprint density at radius 3 is 2.44 bits per heavy atom. The average molecular weight is 418 g/mol. The van der Waals surface area contributed by atoms with Gasteiger partial charge < -0.3 is 15.4 Å². The van der Waals surface area contributed by atoms with Crippen molar-refractivity contribution in [2.24, 2.45) is 4.99 Å². The Kier molecular flexibility index (Phi) is 9.39. The van der Waals surface area contributed by atoms with E-state index >= 15 is 0 Å². The molecule has 0 aliphatic rings. The van der Waals surface area contributed by atoms with Crippen LogP contribution in [0.5, 0.6) is 5.75 Å². The third-order valence-electron chi connectivity index (χ3n) is 3.98. The van der Waals surface area contributed by atoms with Crippen LogP contribution in [0, 0.1) is 0 Å². The molecule has 0 radical (unpaired) electrons. The Morgan fingerprint density at radius 1 is 1.22 bits per heavy atom. The van der Waals surface area contributed by atoms with E-state index in [1.54, 1.807) is 26.8 Å². The molecule has 1 aromatic rings. The van der Waals surface area contributed by atoms with Crippen LogP contribution in [0.15, 0.2) is 29.3 Å². The van der Waals surface area contributed by atoms with Crippen molar-refractivity contribution < 1.29 is 13.2 Å². The number of guanidine groups is 1. The number of aliphatic imine (C=N–C) groups is 1. The Morgan fingerprint density at radius 2 is 1.89 bits per heavy atom. The monoisotopic (exact) mass is 417 g/mol. The molecule has 27 heavy (non-hydrogen) atoms. The molecule has 8 heteroatoms. The molecular weight excluding hydrogens is 386 g/mol. The summed E-state index contributed by atoms with van der Waals surface area (Å²) in [5, 5.41) is 6.77. The lowest BCUT2D eigenvalue weighted by atomic mass is 10.2. The smallest absolute Gasteiger partial charge is 0.191 e. The summed E-state index contributed by atoms with van der Waals surface area (Å²) in [5.41, 5.74) is 0. The van der Waals surface area contributed by atoms with Gasteiger partial charge in [-0.3, -0.25) is 0 Å². The van der Waals surface area contributed by atoms with Gasteiger partial charge in [-0.2, -0.15) is 0 Å². The standard InChI is InChI=1S/C19H32ClN3O3S/c1-6-15(26-17-11-9-8-10-16(17)20)14-23-18(21-7-2)22-12-13-27(24,25)19(3,4)5/h8-11,15H,6-7,12-14H2,1-5H3,(H2,21,22,23). The quantitative estimate of drug-likeness (QED) is 0.476. The molecule has 0 bridgehead atoms. The molecule has 0 aromatic heterocycles. The fourth-order valence-electron chi connectivity index (χ4n) is 2.11. The van der Waals surface area contributed by atoms with Gasteiger partial charge in [-0.1, -0.05) is 30.7 Å². The van der Waals surface area contributed by atoms with E-state index in [2.05, 4.69) is 15.6 Å². The molecule has 6 nitrogen and oxygen atoms in total. The minimum atomic E-state index is -3.17.